The molecule has 0 saturated carbocycles. The van der Waals surface area contributed by atoms with E-state index in [0.717, 1.165) is 21.8 Å². The van der Waals surface area contributed by atoms with Crippen molar-refractivity contribution >= 4 is 17.2 Å². The average Bonchev–Trinajstić information content (AvgIpc) is 3.40. The van der Waals surface area contributed by atoms with Crippen LogP contribution in [-0.2, 0) is 13.1 Å². The first kappa shape index (κ1) is 18.1. The summed E-state index contributed by atoms with van der Waals surface area (Å²) < 4.78 is 1.76. The summed E-state index contributed by atoms with van der Waals surface area (Å²) in [7, 11) is 0. The van der Waals surface area contributed by atoms with Crippen molar-refractivity contribution < 1.29 is 4.79 Å². The highest BCUT2D eigenvalue weighted by Gasteiger charge is 2.21. The third-order valence-electron chi connectivity index (χ3n) is 4.51. The van der Waals surface area contributed by atoms with Crippen molar-refractivity contribution in [2.75, 3.05) is 0 Å². The van der Waals surface area contributed by atoms with Crippen molar-refractivity contribution in [2.24, 2.45) is 0 Å². The molecule has 4 aromatic rings. The van der Waals surface area contributed by atoms with E-state index in [1.165, 1.54) is 0 Å². The van der Waals surface area contributed by atoms with Gasteiger partial charge in [0.15, 0.2) is 0 Å². The Bertz CT molecular complexity index is 1060. The predicted molar refractivity (Wildman–Crippen MR) is 108 cm³/mol. The first-order valence-corrected chi connectivity index (χ1v) is 9.76. The Kier molecular flexibility index (Phi) is 5.25. The molecular weight excluding hydrogens is 370 g/mol. The molecule has 1 amide bonds. The summed E-state index contributed by atoms with van der Waals surface area (Å²) in [5, 5.41) is 7.73. The third kappa shape index (κ3) is 3.84. The second kappa shape index (κ2) is 8.14. The molecule has 0 N–H and O–H groups in total. The van der Waals surface area contributed by atoms with Gasteiger partial charge in [-0.15, -0.1) is 21.5 Å². The third-order valence-corrected chi connectivity index (χ3v) is 5.43. The zero-order chi connectivity index (χ0) is 19.3. The lowest BCUT2D eigenvalue weighted by molar-refractivity contribution is 0.0731. The Morgan fingerprint density at radius 3 is 2.43 bits per heavy atom. The summed E-state index contributed by atoms with van der Waals surface area (Å²) in [5.41, 5.74) is 5.24. The molecule has 6 nitrogen and oxygen atoms in total. The van der Waals surface area contributed by atoms with Crippen molar-refractivity contribution in [2.45, 2.75) is 20.0 Å². The molecule has 140 valence electrons. The summed E-state index contributed by atoms with van der Waals surface area (Å²) in [6, 6.07) is 17.5. The molecule has 2 aromatic heterocycles. The minimum absolute atomic E-state index is 0.0408. The van der Waals surface area contributed by atoms with E-state index >= 15 is 0 Å². The second-order valence-corrected chi connectivity index (χ2v) is 7.33. The minimum atomic E-state index is -0.0408. The topological polar surface area (TPSA) is 63.9 Å². The van der Waals surface area contributed by atoms with Crippen LogP contribution in [0.4, 0.5) is 0 Å². The molecule has 0 aliphatic carbocycles. The Morgan fingerprint density at radius 2 is 1.71 bits per heavy atom. The molecule has 0 spiro atoms. The molecule has 0 bridgehead atoms. The number of nitrogens with zero attached hydrogens (tertiary/aromatic N) is 5. The number of benzene rings is 2. The number of para-hydroxylation sites is 1. The molecule has 0 radical (unpaired) electrons. The first-order valence-electron chi connectivity index (χ1n) is 8.88. The van der Waals surface area contributed by atoms with E-state index in [1.807, 2.05) is 71.9 Å². The first-order chi connectivity index (χ1) is 13.7. The van der Waals surface area contributed by atoms with E-state index in [1.54, 1.807) is 28.6 Å². The lowest BCUT2D eigenvalue weighted by atomic mass is 10.1. The van der Waals surface area contributed by atoms with Gasteiger partial charge >= 0.3 is 0 Å². The SMILES string of the molecule is Cc1ncsc1CN(Cc1ccccc1)C(=O)c1ccccc1-n1cnnc1. The van der Waals surface area contributed by atoms with Gasteiger partial charge in [-0.3, -0.25) is 9.36 Å². The second-order valence-electron chi connectivity index (χ2n) is 6.39. The van der Waals surface area contributed by atoms with Crippen molar-refractivity contribution in [3.8, 4) is 5.69 Å². The molecule has 28 heavy (non-hydrogen) atoms. The quantitative estimate of drug-likeness (QED) is 0.502. The lowest BCUT2D eigenvalue weighted by Crippen LogP contribution is -2.31. The van der Waals surface area contributed by atoms with Gasteiger partial charge in [0.05, 0.1) is 29.0 Å². The van der Waals surface area contributed by atoms with Gasteiger partial charge in [0.1, 0.15) is 12.7 Å². The normalized spacial score (nSPS) is 10.8. The molecule has 7 heteroatoms. The highest BCUT2D eigenvalue weighted by molar-refractivity contribution is 7.09. The van der Waals surface area contributed by atoms with E-state index in [4.69, 9.17) is 0 Å². The summed E-state index contributed by atoms with van der Waals surface area (Å²) in [6.45, 7) is 3.01. The van der Waals surface area contributed by atoms with Crippen LogP contribution in [0.1, 0.15) is 26.5 Å². The molecule has 0 saturated heterocycles. The smallest absolute Gasteiger partial charge is 0.256 e. The number of hydrogen-bond donors (Lipinski definition) is 0. The predicted octanol–water partition coefficient (Wildman–Crippen LogP) is 3.87. The van der Waals surface area contributed by atoms with Crippen LogP contribution in [0.2, 0.25) is 0 Å². The number of amides is 1. The van der Waals surface area contributed by atoms with Crippen LogP contribution in [0.5, 0.6) is 0 Å². The van der Waals surface area contributed by atoms with E-state index in [9.17, 15) is 4.79 Å². The Labute approximate surface area is 167 Å². The maximum absolute atomic E-state index is 13.6. The molecule has 0 aliphatic heterocycles. The average molecular weight is 389 g/mol. The maximum atomic E-state index is 13.6. The van der Waals surface area contributed by atoms with Crippen LogP contribution in [0.15, 0.2) is 72.8 Å². The van der Waals surface area contributed by atoms with Gasteiger partial charge in [-0.25, -0.2) is 4.98 Å². The molecule has 2 heterocycles. The fraction of sp³-hybridized carbons (Fsp3) is 0.143. The van der Waals surface area contributed by atoms with Crippen LogP contribution in [0.3, 0.4) is 0 Å². The highest BCUT2D eigenvalue weighted by atomic mass is 32.1. The molecule has 0 atom stereocenters. The molecule has 0 fully saturated rings. The van der Waals surface area contributed by atoms with E-state index in [2.05, 4.69) is 15.2 Å². The van der Waals surface area contributed by atoms with Crippen LogP contribution in [-0.4, -0.2) is 30.6 Å². The van der Waals surface area contributed by atoms with Crippen LogP contribution < -0.4 is 0 Å². The fourth-order valence-corrected chi connectivity index (χ4v) is 3.82. The van der Waals surface area contributed by atoms with E-state index in [-0.39, 0.29) is 5.91 Å². The van der Waals surface area contributed by atoms with Crippen molar-refractivity contribution in [1.29, 1.82) is 0 Å². The summed E-state index contributed by atoms with van der Waals surface area (Å²) in [4.78, 5) is 20.8. The van der Waals surface area contributed by atoms with Crippen LogP contribution in [0, 0.1) is 6.92 Å². The lowest BCUT2D eigenvalue weighted by Gasteiger charge is -2.24. The van der Waals surface area contributed by atoms with E-state index < -0.39 is 0 Å². The molecule has 4 rings (SSSR count). The Balaban J connectivity index is 1.70. The monoisotopic (exact) mass is 389 g/mol. The number of thiazole rings is 1. The van der Waals surface area contributed by atoms with Crippen molar-refractivity contribution in [3.05, 3.63) is 94.5 Å². The van der Waals surface area contributed by atoms with Crippen LogP contribution in [0.25, 0.3) is 5.69 Å². The van der Waals surface area contributed by atoms with Gasteiger partial charge in [-0.1, -0.05) is 42.5 Å². The molecule has 2 aromatic carbocycles. The summed E-state index contributed by atoms with van der Waals surface area (Å²) in [5.74, 6) is -0.0408. The number of aromatic nitrogens is 4. The van der Waals surface area contributed by atoms with Gasteiger partial charge in [-0.2, -0.15) is 0 Å². The standard InChI is InChI=1S/C21H19N5OS/c1-16-20(28-15-22-16)12-25(11-17-7-3-2-4-8-17)21(27)18-9-5-6-10-19(18)26-13-23-24-14-26/h2-10,13-15H,11-12H2,1H3. The number of carbonyl (C=O) groups excluding carboxylic acids is 1. The van der Waals surface area contributed by atoms with Gasteiger partial charge < -0.3 is 4.90 Å². The molecule has 0 unspecified atom stereocenters. The number of carbonyl (C=O) groups is 1. The van der Waals surface area contributed by atoms with Gasteiger partial charge in [0.2, 0.25) is 0 Å². The maximum Gasteiger partial charge on any atom is 0.256 e. The van der Waals surface area contributed by atoms with Gasteiger partial charge in [0.25, 0.3) is 5.91 Å². The fourth-order valence-electron chi connectivity index (χ4n) is 3.03. The zero-order valence-corrected chi connectivity index (χ0v) is 16.2. The largest absolute Gasteiger partial charge is 0.329 e. The number of hydrogen-bond acceptors (Lipinski definition) is 5. The van der Waals surface area contributed by atoms with Gasteiger partial charge in [-0.05, 0) is 24.6 Å². The molecule has 0 aliphatic rings. The summed E-state index contributed by atoms with van der Waals surface area (Å²) in [6.07, 6.45) is 3.20. The summed E-state index contributed by atoms with van der Waals surface area (Å²) >= 11 is 1.57. The number of rotatable bonds is 6. The van der Waals surface area contributed by atoms with Gasteiger partial charge in [0, 0.05) is 11.4 Å². The zero-order valence-electron chi connectivity index (χ0n) is 15.4. The van der Waals surface area contributed by atoms with Crippen LogP contribution >= 0.6 is 11.3 Å². The minimum Gasteiger partial charge on any atom is -0.329 e. The highest BCUT2D eigenvalue weighted by Crippen LogP contribution is 2.22. The van der Waals surface area contributed by atoms with Crippen molar-refractivity contribution in [3.63, 3.8) is 0 Å². The van der Waals surface area contributed by atoms with Crippen molar-refractivity contribution in [1.82, 2.24) is 24.6 Å². The van der Waals surface area contributed by atoms with E-state index in [0.29, 0.717) is 18.7 Å². The molecular formula is C21H19N5OS. The number of aryl methyl sites for hydroxylation is 1. The Hall–Kier alpha value is -3.32. The Morgan fingerprint density at radius 1 is 1.00 bits per heavy atom.